The van der Waals surface area contributed by atoms with E-state index >= 15 is 0 Å². The van der Waals surface area contributed by atoms with Gasteiger partial charge in [0, 0.05) is 40.4 Å². The highest BCUT2D eigenvalue weighted by atomic mass is 16.5. The number of carbonyl (C=O) groups excluding carboxylic acids is 1. The van der Waals surface area contributed by atoms with Crippen molar-refractivity contribution in [2.75, 3.05) is 39.2 Å². The van der Waals surface area contributed by atoms with Crippen molar-refractivity contribution < 1.29 is 9.53 Å². The van der Waals surface area contributed by atoms with E-state index in [1.54, 1.807) is 23.1 Å². The van der Waals surface area contributed by atoms with E-state index in [1.165, 1.54) is 10.7 Å². The highest BCUT2D eigenvalue weighted by Gasteiger charge is 2.23. The molecular formula is C14H22N4O3. The number of hydrogen-bond acceptors (Lipinski definition) is 5. The van der Waals surface area contributed by atoms with E-state index < -0.39 is 0 Å². The SMILES string of the molecule is COC1CCCN(C(=O)Cn2ncc(N(C)C)cc2=O)C1. The molecule has 1 aromatic heterocycles. The number of carbonyl (C=O) groups is 1. The van der Waals surface area contributed by atoms with Gasteiger partial charge in [-0.05, 0) is 12.8 Å². The molecule has 0 aromatic carbocycles. The van der Waals surface area contributed by atoms with Crippen LogP contribution in [0.5, 0.6) is 0 Å². The monoisotopic (exact) mass is 294 g/mol. The van der Waals surface area contributed by atoms with Crippen LogP contribution in [0.15, 0.2) is 17.1 Å². The van der Waals surface area contributed by atoms with E-state index in [-0.39, 0.29) is 24.1 Å². The molecule has 0 spiro atoms. The number of rotatable bonds is 4. The van der Waals surface area contributed by atoms with Crippen molar-refractivity contribution in [1.82, 2.24) is 14.7 Å². The Hall–Kier alpha value is -1.89. The number of likely N-dealkylation sites (tertiary alicyclic amines) is 1. The largest absolute Gasteiger partial charge is 0.380 e. The van der Waals surface area contributed by atoms with Crippen LogP contribution in [-0.2, 0) is 16.1 Å². The third-order valence-corrected chi connectivity index (χ3v) is 3.72. The molecule has 7 heteroatoms. The number of ether oxygens (including phenoxy) is 1. The van der Waals surface area contributed by atoms with E-state index in [2.05, 4.69) is 5.10 Å². The van der Waals surface area contributed by atoms with E-state index in [1.807, 2.05) is 14.1 Å². The molecule has 1 saturated heterocycles. The standard InChI is InChI=1S/C14H22N4O3/c1-16(2)11-7-13(19)18(15-8-11)10-14(20)17-6-4-5-12(9-17)21-3/h7-8,12H,4-6,9-10H2,1-3H3. The zero-order chi connectivity index (χ0) is 15.4. The maximum absolute atomic E-state index is 12.3. The quantitative estimate of drug-likeness (QED) is 0.778. The van der Waals surface area contributed by atoms with Crippen LogP contribution in [0.1, 0.15) is 12.8 Å². The number of nitrogens with zero attached hydrogens (tertiary/aromatic N) is 4. The van der Waals surface area contributed by atoms with Crippen molar-refractivity contribution in [3.63, 3.8) is 0 Å². The van der Waals surface area contributed by atoms with Gasteiger partial charge in [-0.25, -0.2) is 4.68 Å². The minimum atomic E-state index is -0.269. The van der Waals surface area contributed by atoms with E-state index in [4.69, 9.17) is 4.74 Å². The maximum atomic E-state index is 12.3. The van der Waals surface area contributed by atoms with Crippen molar-refractivity contribution in [3.05, 3.63) is 22.6 Å². The third kappa shape index (κ3) is 3.81. The zero-order valence-corrected chi connectivity index (χ0v) is 12.8. The number of anilines is 1. The van der Waals surface area contributed by atoms with Crippen LogP contribution in [0.3, 0.4) is 0 Å². The summed E-state index contributed by atoms with van der Waals surface area (Å²) in [7, 11) is 5.33. The molecule has 0 radical (unpaired) electrons. The lowest BCUT2D eigenvalue weighted by Crippen LogP contribution is -2.45. The molecule has 0 N–H and O–H groups in total. The van der Waals surface area contributed by atoms with Crippen LogP contribution >= 0.6 is 0 Å². The molecule has 2 heterocycles. The second-order valence-electron chi connectivity index (χ2n) is 5.44. The van der Waals surface area contributed by atoms with Gasteiger partial charge in [0.15, 0.2) is 0 Å². The Kier molecular flexibility index (Phi) is 4.95. The van der Waals surface area contributed by atoms with E-state index in [0.29, 0.717) is 13.1 Å². The molecule has 1 unspecified atom stereocenters. The first-order valence-electron chi connectivity index (χ1n) is 7.06. The van der Waals surface area contributed by atoms with Gasteiger partial charge in [-0.2, -0.15) is 5.10 Å². The van der Waals surface area contributed by atoms with Gasteiger partial charge in [0.2, 0.25) is 5.91 Å². The normalized spacial score (nSPS) is 18.6. The molecule has 1 atom stereocenters. The van der Waals surface area contributed by atoms with E-state index in [0.717, 1.165) is 18.5 Å². The number of hydrogen-bond donors (Lipinski definition) is 0. The van der Waals surface area contributed by atoms with Crippen LogP contribution in [0.2, 0.25) is 0 Å². The lowest BCUT2D eigenvalue weighted by molar-refractivity contribution is -0.135. The summed E-state index contributed by atoms with van der Waals surface area (Å²) < 4.78 is 6.50. The third-order valence-electron chi connectivity index (χ3n) is 3.72. The van der Waals surface area contributed by atoms with Gasteiger partial charge in [-0.1, -0.05) is 0 Å². The lowest BCUT2D eigenvalue weighted by atomic mass is 10.1. The van der Waals surface area contributed by atoms with Gasteiger partial charge in [0.05, 0.1) is 18.0 Å². The zero-order valence-electron chi connectivity index (χ0n) is 12.8. The minimum absolute atomic E-state index is 0.0248. The first kappa shape index (κ1) is 15.5. The highest BCUT2D eigenvalue weighted by molar-refractivity contribution is 5.76. The molecule has 116 valence electrons. The Labute approximate surface area is 124 Å². The second-order valence-corrected chi connectivity index (χ2v) is 5.44. The number of methoxy groups -OCH3 is 1. The van der Waals surface area contributed by atoms with Gasteiger partial charge >= 0.3 is 0 Å². The fraction of sp³-hybridized carbons (Fsp3) is 0.643. The molecule has 1 fully saturated rings. The van der Waals surface area contributed by atoms with Gasteiger partial charge in [0.1, 0.15) is 6.54 Å². The second kappa shape index (κ2) is 6.71. The summed E-state index contributed by atoms with van der Waals surface area (Å²) in [6, 6.07) is 1.48. The number of aromatic nitrogens is 2. The maximum Gasteiger partial charge on any atom is 0.269 e. The molecule has 1 amide bonds. The summed E-state index contributed by atoms with van der Waals surface area (Å²) in [5.74, 6) is -0.0936. The predicted molar refractivity (Wildman–Crippen MR) is 79.4 cm³/mol. The lowest BCUT2D eigenvalue weighted by Gasteiger charge is -2.31. The van der Waals surface area contributed by atoms with E-state index in [9.17, 15) is 9.59 Å². The van der Waals surface area contributed by atoms with Crippen LogP contribution in [-0.4, -0.2) is 61.0 Å². The van der Waals surface area contributed by atoms with Gasteiger partial charge in [0.25, 0.3) is 5.56 Å². The summed E-state index contributed by atoms with van der Waals surface area (Å²) in [6.07, 6.45) is 3.56. The van der Waals surface area contributed by atoms with Crippen LogP contribution in [0.25, 0.3) is 0 Å². The van der Waals surface area contributed by atoms with Gasteiger partial charge in [-0.3, -0.25) is 9.59 Å². The molecule has 2 rings (SSSR count). The molecule has 21 heavy (non-hydrogen) atoms. The van der Waals surface area contributed by atoms with Crippen LogP contribution < -0.4 is 10.5 Å². The van der Waals surface area contributed by atoms with Gasteiger partial charge < -0.3 is 14.5 Å². The molecule has 0 aliphatic carbocycles. The first-order valence-corrected chi connectivity index (χ1v) is 7.06. The molecule has 0 bridgehead atoms. The Bertz CT molecular complexity index is 555. The topological polar surface area (TPSA) is 67.7 Å². The average Bonchev–Trinajstić information content (AvgIpc) is 2.49. The fourth-order valence-electron chi connectivity index (χ4n) is 2.37. The van der Waals surface area contributed by atoms with Gasteiger partial charge in [-0.15, -0.1) is 0 Å². The fourth-order valence-corrected chi connectivity index (χ4v) is 2.37. The predicted octanol–water partition coefficient (Wildman–Crippen LogP) is -0.0533. The molecular weight excluding hydrogens is 272 g/mol. The van der Waals surface area contributed by atoms with Crippen molar-refractivity contribution >= 4 is 11.6 Å². The van der Waals surface area contributed by atoms with Crippen LogP contribution in [0, 0.1) is 0 Å². The number of amides is 1. The van der Waals surface area contributed by atoms with Crippen molar-refractivity contribution in [2.45, 2.75) is 25.5 Å². The Balaban J connectivity index is 2.04. The van der Waals surface area contributed by atoms with Crippen LogP contribution in [0.4, 0.5) is 5.69 Å². The number of piperidine rings is 1. The molecule has 0 saturated carbocycles. The Morgan fingerprint density at radius 2 is 2.29 bits per heavy atom. The Morgan fingerprint density at radius 1 is 1.52 bits per heavy atom. The summed E-state index contributed by atoms with van der Waals surface area (Å²) in [4.78, 5) is 27.8. The highest BCUT2D eigenvalue weighted by Crippen LogP contribution is 2.13. The average molecular weight is 294 g/mol. The first-order chi connectivity index (χ1) is 10.0. The molecule has 1 aliphatic heterocycles. The van der Waals surface area contributed by atoms with Crippen molar-refractivity contribution in [3.8, 4) is 0 Å². The molecule has 7 nitrogen and oxygen atoms in total. The molecule has 1 aromatic rings. The summed E-state index contributed by atoms with van der Waals surface area (Å²) in [6.45, 7) is 1.27. The Morgan fingerprint density at radius 3 is 2.90 bits per heavy atom. The van der Waals surface area contributed by atoms with Crippen molar-refractivity contribution in [1.29, 1.82) is 0 Å². The summed E-state index contributed by atoms with van der Waals surface area (Å²) >= 11 is 0. The summed E-state index contributed by atoms with van der Waals surface area (Å²) in [5.41, 5.74) is 0.455. The van der Waals surface area contributed by atoms with Crippen molar-refractivity contribution in [2.24, 2.45) is 0 Å². The molecule has 1 aliphatic rings. The minimum Gasteiger partial charge on any atom is -0.380 e. The summed E-state index contributed by atoms with van der Waals surface area (Å²) in [5, 5.41) is 4.06. The smallest absolute Gasteiger partial charge is 0.269 e.